The second kappa shape index (κ2) is 5.41. The molecule has 0 amide bonds. The Balaban J connectivity index is 0.000000292. The fraction of sp³-hybridized carbons (Fsp3) is 0.250. The van der Waals surface area contributed by atoms with Gasteiger partial charge < -0.3 is 0 Å². The van der Waals surface area contributed by atoms with E-state index < -0.39 is 0 Å². The summed E-state index contributed by atoms with van der Waals surface area (Å²) < 4.78 is 0. The molecule has 1 aromatic rings. The first-order valence-electron chi connectivity index (χ1n) is 3.23. The van der Waals surface area contributed by atoms with Crippen LogP contribution in [0.3, 0.4) is 0 Å². The molecule has 0 unspecified atom stereocenters. The normalized spacial score (nSPS) is 7.82. The lowest BCUT2D eigenvalue weighted by molar-refractivity contribution is -0.398. The smallest absolute Gasteiger partial charge is 0.00366 e. The van der Waals surface area contributed by atoms with Gasteiger partial charge in [0.05, 0.1) is 0 Å². The third-order valence-electron chi connectivity index (χ3n) is 1.22. The second-order valence-corrected chi connectivity index (χ2v) is 2.24. The summed E-state index contributed by atoms with van der Waals surface area (Å²) in [5, 5.41) is 8.38. The Labute approximate surface area is 65.6 Å². The predicted molar refractivity (Wildman–Crippen MR) is 43.6 cm³/mol. The third-order valence-corrected chi connectivity index (χ3v) is 1.22. The molecule has 0 aliphatic heterocycles. The van der Waals surface area contributed by atoms with E-state index in [0.717, 1.165) is 0 Å². The summed E-state index contributed by atoms with van der Waals surface area (Å²) in [6.45, 7) is 4.19. The fourth-order valence-electron chi connectivity index (χ4n) is 0.637. The Kier molecular flexibility index (Phi) is 4.73. The zero-order valence-electron chi connectivity index (χ0n) is 6.63. The van der Waals surface area contributed by atoms with Crippen LogP contribution in [0.15, 0.2) is 24.3 Å². The summed E-state index contributed by atoms with van der Waals surface area (Å²) in [5.74, 6) is 0. The Morgan fingerprint density at radius 2 is 1.27 bits per heavy atom. The van der Waals surface area contributed by atoms with Crippen molar-refractivity contribution < 1.29 is 5.34 Å². The van der Waals surface area contributed by atoms with E-state index in [0.29, 0.717) is 0 Å². The Hall–Kier alpha value is -1.38. The van der Waals surface area contributed by atoms with Gasteiger partial charge in [-0.25, -0.2) is 0 Å². The van der Waals surface area contributed by atoms with Crippen LogP contribution in [0.1, 0.15) is 11.1 Å². The van der Waals surface area contributed by atoms with Gasteiger partial charge in [-0.2, -0.15) is 0 Å². The van der Waals surface area contributed by atoms with Gasteiger partial charge in [0, 0.05) is 5.34 Å². The van der Waals surface area contributed by atoms with Crippen molar-refractivity contribution in [1.29, 1.82) is 0 Å². The van der Waals surface area contributed by atoms with Crippen molar-refractivity contribution in [3.63, 3.8) is 0 Å². The maximum absolute atomic E-state index is 8.12. The average Bonchev–Trinajstić information content (AvgIpc) is 1.97. The molecule has 0 aromatic heterocycles. The minimum Gasteiger partial charge on any atom is -0.267 e. The Morgan fingerprint density at radius 1 is 1.09 bits per heavy atom. The van der Waals surface area contributed by atoms with Crippen LogP contribution in [0, 0.1) is 24.0 Å². The molecule has 0 aliphatic rings. The molecule has 3 heteroatoms. The monoisotopic (exact) mass is 153 g/mol. The number of hydrogen-bond donors (Lipinski definition) is 1. The van der Waals surface area contributed by atoms with Gasteiger partial charge in [0.2, 0.25) is 0 Å². The summed E-state index contributed by atoms with van der Waals surface area (Å²) in [6.07, 6.45) is 0. The maximum Gasteiger partial charge on any atom is 0.00366 e. The number of rotatable bonds is 0. The number of benzene rings is 1. The molecule has 0 heterocycles. The molecule has 11 heavy (non-hydrogen) atoms. The minimum atomic E-state index is 0.250. The second-order valence-electron chi connectivity index (χ2n) is 2.24. The molecule has 0 spiro atoms. The molecule has 1 aromatic carbocycles. The molecule has 0 saturated heterocycles. The lowest BCUT2D eigenvalue weighted by Crippen LogP contribution is -2.53. The van der Waals surface area contributed by atoms with Crippen LogP contribution in [-0.2, 0) is 0 Å². The lowest BCUT2D eigenvalue weighted by atomic mass is 10.2. The zero-order valence-corrected chi connectivity index (χ0v) is 6.63. The molecule has 0 bridgehead atoms. The van der Waals surface area contributed by atoms with Gasteiger partial charge in [-0.3, -0.25) is 10.1 Å². The fourth-order valence-corrected chi connectivity index (χ4v) is 0.637. The van der Waals surface area contributed by atoms with Crippen molar-refractivity contribution in [2.45, 2.75) is 13.8 Å². The first-order chi connectivity index (χ1) is 5.20. The highest BCUT2D eigenvalue weighted by Gasteiger charge is 1.79. The van der Waals surface area contributed by atoms with Crippen molar-refractivity contribution in [2.75, 3.05) is 0 Å². The van der Waals surface area contributed by atoms with Crippen LogP contribution in [0.5, 0.6) is 0 Å². The molecular weight excluding hydrogens is 142 g/mol. The summed E-state index contributed by atoms with van der Waals surface area (Å²) in [6, 6.07) is 8.48. The van der Waals surface area contributed by atoms with Gasteiger partial charge >= 0.3 is 0 Å². The maximum atomic E-state index is 8.12. The van der Waals surface area contributed by atoms with Crippen molar-refractivity contribution >= 4 is 0 Å². The highest BCUT2D eigenvalue weighted by atomic mass is 16.6. The van der Waals surface area contributed by atoms with E-state index in [1.165, 1.54) is 11.1 Å². The summed E-state index contributed by atoms with van der Waals surface area (Å²) in [7, 11) is 0. The molecule has 0 atom stereocenters. The Bertz CT molecular complexity index is 185. The van der Waals surface area contributed by atoms with Crippen LogP contribution < -0.4 is 5.34 Å². The van der Waals surface area contributed by atoms with Crippen LogP contribution >= 0.6 is 0 Å². The molecule has 1 rings (SSSR count). The molecule has 3 nitrogen and oxygen atoms in total. The summed E-state index contributed by atoms with van der Waals surface area (Å²) >= 11 is 0. The quantitative estimate of drug-likeness (QED) is 0.439. The molecule has 0 aliphatic carbocycles. The first-order valence-corrected chi connectivity index (χ1v) is 3.23. The largest absolute Gasteiger partial charge is 0.267 e. The van der Waals surface area contributed by atoms with Crippen LogP contribution in [0.2, 0.25) is 0 Å². The van der Waals surface area contributed by atoms with Crippen molar-refractivity contribution in [2.24, 2.45) is 0 Å². The highest BCUT2D eigenvalue weighted by molar-refractivity contribution is 5.19. The van der Waals surface area contributed by atoms with Crippen LogP contribution in [0.25, 0.3) is 0 Å². The van der Waals surface area contributed by atoms with E-state index >= 15 is 0 Å². The zero-order chi connectivity index (χ0) is 8.69. The molecule has 60 valence electrons. The summed E-state index contributed by atoms with van der Waals surface area (Å²) in [4.78, 5) is 8.12. The minimum absolute atomic E-state index is 0.250. The van der Waals surface area contributed by atoms with Gasteiger partial charge in [0.15, 0.2) is 0 Å². The summed E-state index contributed by atoms with van der Waals surface area (Å²) in [5.41, 5.74) is 2.66. The van der Waals surface area contributed by atoms with Gasteiger partial charge in [0.25, 0.3) is 0 Å². The van der Waals surface area contributed by atoms with Crippen LogP contribution in [-0.4, -0.2) is 0 Å². The van der Waals surface area contributed by atoms with Crippen molar-refractivity contribution in [3.8, 4) is 0 Å². The van der Waals surface area contributed by atoms with E-state index in [1.807, 2.05) is 0 Å². The molecular formula is C8H11NO2. The van der Waals surface area contributed by atoms with E-state index in [1.54, 1.807) is 0 Å². The Morgan fingerprint density at radius 3 is 1.45 bits per heavy atom. The standard InChI is InChI=1S/C8H10.HNO2/c1-7-3-5-8(2)6-4-7;2-1-3/h3-6H,1-2H3;1H. The predicted octanol–water partition coefficient (Wildman–Crippen LogP) is 0.635. The van der Waals surface area contributed by atoms with E-state index in [2.05, 4.69) is 38.1 Å². The highest BCUT2D eigenvalue weighted by Crippen LogP contribution is 1.99. The average molecular weight is 153 g/mol. The third kappa shape index (κ3) is 5.08. The molecule has 0 saturated carbocycles. The first kappa shape index (κ1) is 9.62. The molecule has 1 N–H and O–H groups in total. The van der Waals surface area contributed by atoms with Crippen molar-refractivity contribution in [1.82, 2.24) is 0 Å². The SMILES string of the molecule is Cc1ccc(C)cc1.O=[NH+][O-]. The van der Waals surface area contributed by atoms with Gasteiger partial charge in [-0.15, -0.1) is 0 Å². The van der Waals surface area contributed by atoms with E-state index in [-0.39, 0.29) is 5.34 Å². The van der Waals surface area contributed by atoms with Crippen molar-refractivity contribution in [3.05, 3.63) is 45.5 Å². The molecule has 0 fully saturated rings. The van der Waals surface area contributed by atoms with E-state index in [4.69, 9.17) is 10.1 Å². The number of nitrogens with one attached hydrogen (secondary N) is 1. The number of aryl methyl sites for hydroxylation is 2. The van der Waals surface area contributed by atoms with Crippen LogP contribution in [0.4, 0.5) is 0 Å². The number of hydrogen-bond acceptors (Lipinski definition) is 2. The topological polar surface area (TPSA) is 54.1 Å². The molecule has 0 radical (unpaired) electrons. The van der Waals surface area contributed by atoms with E-state index in [9.17, 15) is 0 Å². The van der Waals surface area contributed by atoms with Gasteiger partial charge in [-0.1, -0.05) is 35.4 Å². The lowest BCUT2D eigenvalue weighted by Gasteiger charge is -1.90. The van der Waals surface area contributed by atoms with Gasteiger partial charge in [0.1, 0.15) is 0 Å². The van der Waals surface area contributed by atoms with Gasteiger partial charge in [-0.05, 0) is 13.8 Å².